The molecule has 0 saturated carbocycles. The molecule has 0 aliphatic carbocycles. The van der Waals surface area contributed by atoms with Crippen molar-refractivity contribution >= 4 is 21.2 Å². The third-order valence-corrected chi connectivity index (χ3v) is 5.71. The molecule has 0 atom stereocenters. The van der Waals surface area contributed by atoms with Gasteiger partial charge < -0.3 is 11.5 Å². The van der Waals surface area contributed by atoms with Gasteiger partial charge in [-0.3, -0.25) is 0 Å². The molecule has 0 radical (unpaired) electrons. The van der Waals surface area contributed by atoms with Crippen LogP contribution >= 0.6 is 0 Å². The van der Waals surface area contributed by atoms with Gasteiger partial charge in [0.15, 0.2) is 0 Å². The fourth-order valence-corrected chi connectivity index (χ4v) is 4.27. The number of aryl methyl sites for hydroxylation is 3. The van der Waals surface area contributed by atoms with E-state index >= 15 is 0 Å². The molecule has 21 heavy (non-hydrogen) atoms. The van der Waals surface area contributed by atoms with E-state index < -0.39 is 9.84 Å². The number of rotatable bonds is 2. The zero-order valence-corrected chi connectivity index (χ0v) is 13.5. The molecule has 0 aliphatic heterocycles. The monoisotopic (exact) mass is 304 g/mol. The molecule has 0 fully saturated rings. The molecule has 0 aromatic heterocycles. The van der Waals surface area contributed by atoms with Gasteiger partial charge in [0.1, 0.15) is 0 Å². The van der Waals surface area contributed by atoms with Crippen molar-refractivity contribution in [3.63, 3.8) is 0 Å². The first-order valence-electron chi connectivity index (χ1n) is 6.63. The number of nitrogens with two attached hydrogens (primary N) is 2. The Morgan fingerprint density at radius 2 is 1.38 bits per heavy atom. The van der Waals surface area contributed by atoms with Crippen molar-refractivity contribution in [2.45, 2.75) is 37.5 Å². The first kappa shape index (κ1) is 15.4. The number of nitrogen functional groups attached to an aromatic ring is 2. The smallest absolute Gasteiger partial charge is 0.207 e. The lowest BCUT2D eigenvalue weighted by Gasteiger charge is -2.14. The summed E-state index contributed by atoms with van der Waals surface area (Å²) < 4.78 is 25.9. The molecule has 2 aromatic carbocycles. The zero-order chi connectivity index (χ0) is 15.9. The minimum Gasteiger partial charge on any atom is -0.399 e. The second kappa shape index (κ2) is 5.07. The SMILES string of the molecule is Cc1cc(N)c(C)c(S(=O)(=O)c2cc(C)c(N)cc2C)c1. The van der Waals surface area contributed by atoms with Gasteiger partial charge in [-0.05, 0) is 74.2 Å². The van der Waals surface area contributed by atoms with E-state index in [1.807, 2.05) is 6.92 Å². The number of benzene rings is 2. The highest BCUT2D eigenvalue weighted by atomic mass is 32.2. The van der Waals surface area contributed by atoms with Crippen molar-refractivity contribution in [3.8, 4) is 0 Å². The van der Waals surface area contributed by atoms with Gasteiger partial charge in [0, 0.05) is 11.4 Å². The van der Waals surface area contributed by atoms with Crippen molar-refractivity contribution in [2.75, 3.05) is 11.5 Å². The van der Waals surface area contributed by atoms with E-state index in [2.05, 4.69) is 0 Å². The molecular weight excluding hydrogens is 284 g/mol. The van der Waals surface area contributed by atoms with Crippen molar-refractivity contribution in [2.24, 2.45) is 0 Å². The van der Waals surface area contributed by atoms with Gasteiger partial charge in [0.2, 0.25) is 9.84 Å². The van der Waals surface area contributed by atoms with Crippen LogP contribution < -0.4 is 11.5 Å². The van der Waals surface area contributed by atoms with Crippen LogP contribution in [0.3, 0.4) is 0 Å². The van der Waals surface area contributed by atoms with E-state index in [9.17, 15) is 8.42 Å². The molecule has 0 bridgehead atoms. The second-order valence-corrected chi connectivity index (χ2v) is 7.34. The summed E-state index contributed by atoms with van der Waals surface area (Å²) in [6.07, 6.45) is 0. The number of hydrogen-bond donors (Lipinski definition) is 2. The molecule has 2 aromatic rings. The molecule has 0 heterocycles. The average Bonchev–Trinajstić information content (AvgIpc) is 2.37. The summed E-state index contributed by atoms with van der Waals surface area (Å²) in [7, 11) is -3.62. The van der Waals surface area contributed by atoms with Crippen LogP contribution in [0.4, 0.5) is 11.4 Å². The molecule has 2 rings (SSSR count). The van der Waals surface area contributed by atoms with Crippen LogP contribution in [0.15, 0.2) is 34.1 Å². The molecule has 0 unspecified atom stereocenters. The van der Waals surface area contributed by atoms with Crippen LogP contribution in [0, 0.1) is 27.7 Å². The zero-order valence-electron chi connectivity index (χ0n) is 12.7. The molecule has 0 spiro atoms. The highest BCUT2D eigenvalue weighted by molar-refractivity contribution is 7.91. The quantitative estimate of drug-likeness (QED) is 0.835. The Hall–Kier alpha value is -2.01. The van der Waals surface area contributed by atoms with E-state index in [-0.39, 0.29) is 9.79 Å². The number of sulfone groups is 1. The summed E-state index contributed by atoms with van der Waals surface area (Å²) in [6.45, 7) is 7.10. The lowest BCUT2D eigenvalue weighted by molar-refractivity contribution is 0.594. The Balaban J connectivity index is 2.77. The molecular formula is C16H20N2O2S. The summed E-state index contributed by atoms with van der Waals surface area (Å²) in [5.41, 5.74) is 15.6. The summed E-state index contributed by atoms with van der Waals surface area (Å²) >= 11 is 0. The lowest BCUT2D eigenvalue weighted by Crippen LogP contribution is -2.09. The third kappa shape index (κ3) is 2.61. The third-order valence-electron chi connectivity index (χ3n) is 3.69. The van der Waals surface area contributed by atoms with E-state index in [1.165, 1.54) is 0 Å². The topological polar surface area (TPSA) is 86.2 Å². The normalized spacial score (nSPS) is 11.6. The van der Waals surface area contributed by atoms with Crippen molar-refractivity contribution < 1.29 is 8.42 Å². The summed E-state index contributed by atoms with van der Waals surface area (Å²) in [5.74, 6) is 0. The first-order valence-corrected chi connectivity index (χ1v) is 8.11. The molecule has 0 amide bonds. The van der Waals surface area contributed by atoms with Crippen molar-refractivity contribution in [3.05, 3.63) is 46.5 Å². The van der Waals surface area contributed by atoms with E-state index in [1.54, 1.807) is 45.0 Å². The maximum Gasteiger partial charge on any atom is 0.207 e. The van der Waals surface area contributed by atoms with Crippen LogP contribution in [-0.4, -0.2) is 8.42 Å². The standard InChI is InChI=1S/C16H20N2O2S/c1-9-5-14(18)12(4)16(6-9)21(19,20)15-8-10(2)13(17)7-11(15)3/h5-8H,17-18H2,1-4H3. The van der Waals surface area contributed by atoms with Crippen molar-refractivity contribution in [1.82, 2.24) is 0 Å². The average molecular weight is 304 g/mol. The van der Waals surface area contributed by atoms with Crippen LogP contribution in [-0.2, 0) is 9.84 Å². The van der Waals surface area contributed by atoms with E-state index in [0.29, 0.717) is 22.5 Å². The first-order chi connectivity index (χ1) is 9.64. The molecule has 4 N–H and O–H groups in total. The summed E-state index contributed by atoms with van der Waals surface area (Å²) in [6, 6.07) is 6.75. The Morgan fingerprint density at radius 1 is 0.762 bits per heavy atom. The fraction of sp³-hybridized carbons (Fsp3) is 0.250. The van der Waals surface area contributed by atoms with Gasteiger partial charge in [-0.1, -0.05) is 0 Å². The Labute approximate surface area is 125 Å². The van der Waals surface area contributed by atoms with Crippen LogP contribution in [0.1, 0.15) is 22.3 Å². The van der Waals surface area contributed by atoms with Gasteiger partial charge in [0.05, 0.1) is 9.79 Å². The van der Waals surface area contributed by atoms with Gasteiger partial charge in [-0.25, -0.2) is 8.42 Å². The van der Waals surface area contributed by atoms with Crippen molar-refractivity contribution in [1.29, 1.82) is 0 Å². The highest BCUT2D eigenvalue weighted by Crippen LogP contribution is 2.31. The fourth-order valence-electron chi connectivity index (χ4n) is 2.35. The second-order valence-electron chi connectivity index (χ2n) is 5.46. The minimum absolute atomic E-state index is 0.257. The predicted octanol–water partition coefficient (Wildman–Crippen LogP) is 2.92. The summed E-state index contributed by atoms with van der Waals surface area (Å²) in [4.78, 5) is 0.537. The van der Waals surface area contributed by atoms with Gasteiger partial charge in [0.25, 0.3) is 0 Å². The number of hydrogen-bond acceptors (Lipinski definition) is 4. The number of anilines is 2. The maximum atomic E-state index is 12.9. The Bertz CT molecular complexity index is 825. The van der Waals surface area contributed by atoms with E-state index in [0.717, 1.165) is 11.1 Å². The van der Waals surface area contributed by atoms with Gasteiger partial charge in [-0.15, -0.1) is 0 Å². The molecule has 4 nitrogen and oxygen atoms in total. The van der Waals surface area contributed by atoms with Crippen LogP contribution in [0.2, 0.25) is 0 Å². The minimum atomic E-state index is -3.62. The Morgan fingerprint density at radius 3 is 2.00 bits per heavy atom. The molecule has 5 heteroatoms. The van der Waals surface area contributed by atoms with Gasteiger partial charge in [-0.2, -0.15) is 0 Å². The molecule has 112 valence electrons. The lowest BCUT2D eigenvalue weighted by atomic mass is 10.1. The predicted molar refractivity (Wildman–Crippen MR) is 86.1 cm³/mol. The van der Waals surface area contributed by atoms with Crippen LogP contribution in [0.25, 0.3) is 0 Å². The maximum absolute atomic E-state index is 12.9. The summed E-state index contributed by atoms with van der Waals surface area (Å²) in [5, 5.41) is 0. The van der Waals surface area contributed by atoms with Crippen LogP contribution in [0.5, 0.6) is 0 Å². The Kier molecular flexibility index (Phi) is 3.72. The van der Waals surface area contributed by atoms with E-state index in [4.69, 9.17) is 11.5 Å². The molecule has 0 aliphatic rings. The largest absolute Gasteiger partial charge is 0.399 e. The molecule has 0 saturated heterocycles. The van der Waals surface area contributed by atoms with Gasteiger partial charge >= 0.3 is 0 Å². The highest BCUT2D eigenvalue weighted by Gasteiger charge is 2.24.